The van der Waals surface area contributed by atoms with Gasteiger partial charge in [0.15, 0.2) is 0 Å². The predicted octanol–water partition coefficient (Wildman–Crippen LogP) is 5.43. The number of piperazine rings is 1. The molecular weight excluding hydrogens is 518 g/mol. The van der Waals surface area contributed by atoms with E-state index in [9.17, 15) is 13.2 Å². The van der Waals surface area contributed by atoms with Gasteiger partial charge in [-0.05, 0) is 60.4 Å². The highest BCUT2D eigenvalue weighted by molar-refractivity contribution is 7.92. The Morgan fingerprint density at radius 2 is 1.25 bits per heavy atom. The van der Waals surface area contributed by atoms with Gasteiger partial charge < -0.3 is 4.90 Å². The Morgan fingerprint density at radius 3 is 1.77 bits per heavy atom. The van der Waals surface area contributed by atoms with Crippen molar-refractivity contribution in [2.45, 2.75) is 24.8 Å². The van der Waals surface area contributed by atoms with Crippen molar-refractivity contribution in [3.8, 4) is 0 Å². The van der Waals surface area contributed by atoms with Crippen LogP contribution < -0.4 is 4.31 Å². The number of hydrogen-bond donors (Lipinski definition) is 0. The molecule has 206 valence electrons. The van der Waals surface area contributed by atoms with Crippen LogP contribution in [0.1, 0.15) is 28.3 Å². The molecule has 0 spiro atoms. The molecule has 5 rings (SSSR count). The summed E-state index contributed by atoms with van der Waals surface area (Å²) in [7, 11) is -3.94. The van der Waals surface area contributed by atoms with Crippen LogP contribution in [0.3, 0.4) is 0 Å². The lowest BCUT2D eigenvalue weighted by Gasteiger charge is -2.40. The van der Waals surface area contributed by atoms with Crippen molar-refractivity contribution in [3.63, 3.8) is 0 Å². The Balaban J connectivity index is 1.36. The molecule has 0 aliphatic carbocycles. The van der Waals surface area contributed by atoms with Gasteiger partial charge in [0.1, 0.15) is 6.54 Å². The molecule has 0 bridgehead atoms. The second-order valence-corrected chi connectivity index (χ2v) is 12.1. The Morgan fingerprint density at radius 1 is 0.725 bits per heavy atom. The van der Waals surface area contributed by atoms with Crippen LogP contribution >= 0.6 is 0 Å². The Hall–Kier alpha value is -3.94. The first-order chi connectivity index (χ1) is 19.3. The van der Waals surface area contributed by atoms with Crippen molar-refractivity contribution in [1.29, 1.82) is 0 Å². The summed E-state index contributed by atoms with van der Waals surface area (Å²) in [6.07, 6.45) is 0. The first kappa shape index (κ1) is 27.6. The molecule has 4 aromatic rings. The lowest BCUT2D eigenvalue weighted by Crippen LogP contribution is -2.52. The van der Waals surface area contributed by atoms with Gasteiger partial charge >= 0.3 is 0 Å². The average Bonchev–Trinajstić information content (AvgIpc) is 2.99. The molecule has 0 aromatic heterocycles. The highest BCUT2D eigenvalue weighted by atomic mass is 32.2. The highest BCUT2D eigenvalue weighted by Gasteiger charge is 2.32. The molecule has 0 atom stereocenters. The normalized spacial score (nSPS) is 14.3. The van der Waals surface area contributed by atoms with E-state index in [1.165, 1.54) is 15.4 Å². The van der Waals surface area contributed by atoms with E-state index >= 15 is 0 Å². The van der Waals surface area contributed by atoms with Crippen molar-refractivity contribution >= 4 is 21.6 Å². The number of benzene rings is 4. The topological polar surface area (TPSA) is 60.9 Å². The smallest absolute Gasteiger partial charge is 0.264 e. The van der Waals surface area contributed by atoms with Gasteiger partial charge in [0, 0.05) is 26.2 Å². The van der Waals surface area contributed by atoms with Crippen LogP contribution in [0.5, 0.6) is 0 Å². The van der Waals surface area contributed by atoms with Gasteiger partial charge in [-0.3, -0.25) is 14.0 Å². The second kappa shape index (κ2) is 12.1. The van der Waals surface area contributed by atoms with Gasteiger partial charge in [-0.25, -0.2) is 8.42 Å². The molecule has 0 radical (unpaired) electrons. The lowest BCUT2D eigenvalue weighted by molar-refractivity contribution is -0.131. The summed E-state index contributed by atoms with van der Waals surface area (Å²) < 4.78 is 28.7. The van der Waals surface area contributed by atoms with Gasteiger partial charge in [-0.15, -0.1) is 0 Å². The second-order valence-electron chi connectivity index (χ2n) is 10.2. The molecule has 1 amide bonds. The van der Waals surface area contributed by atoms with Crippen LogP contribution in [0.4, 0.5) is 5.69 Å². The van der Waals surface area contributed by atoms with E-state index in [1.54, 1.807) is 41.3 Å². The van der Waals surface area contributed by atoms with E-state index in [2.05, 4.69) is 53.4 Å². The maximum absolute atomic E-state index is 13.7. The summed E-state index contributed by atoms with van der Waals surface area (Å²) in [6, 6.07) is 34.8. The van der Waals surface area contributed by atoms with Crippen molar-refractivity contribution in [1.82, 2.24) is 9.80 Å². The molecule has 1 aliphatic rings. The number of amides is 1. The van der Waals surface area contributed by atoms with Crippen LogP contribution in [-0.2, 0) is 14.8 Å². The lowest BCUT2D eigenvalue weighted by atomic mass is 9.96. The number of hydrogen-bond acceptors (Lipinski definition) is 4. The van der Waals surface area contributed by atoms with E-state index in [0.29, 0.717) is 31.9 Å². The maximum atomic E-state index is 13.7. The van der Waals surface area contributed by atoms with Crippen LogP contribution in [0.2, 0.25) is 0 Å². The van der Waals surface area contributed by atoms with Gasteiger partial charge in [0.25, 0.3) is 10.0 Å². The fraction of sp³-hybridized carbons (Fsp3) is 0.242. The highest BCUT2D eigenvalue weighted by Crippen LogP contribution is 2.30. The number of aryl methyl sites for hydroxylation is 2. The Labute approximate surface area is 237 Å². The Bertz CT molecular complexity index is 1500. The molecule has 40 heavy (non-hydrogen) atoms. The Kier molecular flexibility index (Phi) is 8.33. The molecule has 1 aliphatic heterocycles. The van der Waals surface area contributed by atoms with E-state index in [0.717, 1.165) is 11.1 Å². The third-order valence-corrected chi connectivity index (χ3v) is 9.44. The summed E-state index contributed by atoms with van der Waals surface area (Å²) in [5.41, 5.74) is 4.95. The molecule has 6 nitrogen and oxygen atoms in total. The van der Waals surface area contributed by atoms with E-state index in [-0.39, 0.29) is 23.4 Å². The van der Waals surface area contributed by atoms with Crippen molar-refractivity contribution in [3.05, 3.63) is 131 Å². The molecule has 0 saturated carbocycles. The molecule has 4 aromatic carbocycles. The molecule has 1 heterocycles. The standard InChI is InChI=1S/C33H35N3O3S/c1-26-18-19-30(24-27(26)2)36(40(38,39)31-16-10-5-11-17-31)25-32(37)34-20-22-35(23-21-34)33(28-12-6-3-7-13-28)29-14-8-4-9-15-29/h3-19,24,33H,20-23,25H2,1-2H3. The molecule has 0 unspecified atom stereocenters. The number of carbonyl (C=O) groups excluding carboxylic acids is 1. The summed E-state index contributed by atoms with van der Waals surface area (Å²) in [5.74, 6) is -0.201. The summed E-state index contributed by atoms with van der Waals surface area (Å²) in [4.78, 5) is 18.0. The minimum atomic E-state index is -3.94. The molecule has 1 fully saturated rings. The fourth-order valence-electron chi connectivity index (χ4n) is 5.25. The summed E-state index contributed by atoms with van der Waals surface area (Å²) in [6.45, 7) is 6.12. The largest absolute Gasteiger partial charge is 0.339 e. The van der Waals surface area contributed by atoms with Crippen molar-refractivity contribution < 1.29 is 13.2 Å². The monoisotopic (exact) mass is 553 g/mol. The number of sulfonamides is 1. The maximum Gasteiger partial charge on any atom is 0.264 e. The quantitative estimate of drug-likeness (QED) is 0.292. The van der Waals surface area contributed by atoms with Gasteiger partial charge in [-0.1, -0.05) is 84.9 Å². The van der Waals surface area contributed by atoms with Gasteiger partial charge in [0.2, 0.25) is 5.91 Å². The van der Waals surface area contributed by atoms with E-state index in [1.807, 2.05) is 38.1 Å². The zero-order valence-corrected chi connectivity index (χ0v) is 23.8. The van der Waals surface area contributed by atoms with Crippen molar-refractivity contribution in [2.75, 3.05) is 37.0 Å². The number of rotatable bonds is 8. The van der Waals surface area contributed by atoms with E-state index < -0.39 is 10.0 Å². The number of carbonyl (C=O) groups is 1. The fourth-order valence-corrected chi connectivity index (χ4v) is 6.68. The zero-order chi connectivity index (χ0) is 28.1. The third-order valence-electron chi connectivity index (χ3n) is 7.65. The van der Waals surface area contributed by atoms with Crippen LogP contribution in [0.25, 0.3) is 0 Å². The van der Waals surface area contributed by atoms with E-state index in [4.69, 9.17) is 0 Å². The van der Waals surface area contributed by atoms with Crippen molar-refractivity contribution in [2.24, 2.45) is 0 Å². The SMILES string of the molecule is Cc1ccc(N(CC(=O)N2CCN(C(c3ccccc3)c3ccccc3)CC2)S(=O)(=O)c2ccccc2)cc1C. The van der Waals surface area contributed by atoms with Gasteiger partial charge in [-0.2, -0.15) is 0 Å². The van der Waals surface area contributed by atoms with Gasteiger partial charge in [0.05, 0.1) is 16.6 Å². The number of nitrogens with zero attached hydrogens (tertiary/aromatic N) is 3. The minimum Gasteiger partial charge on any atom is -0.339 e. The van der Waals surface area contributed by atoms with Crippen LogP contribution in [0, 0.1) is 13.8 Å². The minimum absolute atomic E-state index is 0.0881. The first-order valence-corrected chi connectivity index (χ1v) is 15.1. The average molecular weight is 554 g/mol. The van der Waals surface area contributed by atoms with Crippen LogP contribution in [0.15, 0.2) is 114 Å². The number of anilines is 1. The molecule has 0 N–H and O–H groups in total. The zero-order valence-electron chi connectivity index (χ0n) is 23.0. The summed E-state index contributed by atoms with van der Waals surface area (Å²) >= 11 is 0. The van der Waals surface area contributed by atoms with Crippen LogP contribution in [-0.4, -0.2) is 56.8 Å². The first-order valence-electron chi connectivity index (χ1n) is 13.6. The molecular formula is C33H35N3O3S. The molecule has 1 saturated heterocycles. The summed E-state index contributed by atoms with van der Waals surface area (Å²) in [5, 5.41) is 0. The third kappa shape index (κ3) is 5.96. The molecule has 7 heteroatoms. The predicted molar refractivity (Wildman–Crippen MR) is 160 cm³/mol.